The molecule has 0 amide bonds. The van der Waals surface area contributed by atoms with Crippen molar-refractivity contribution in [3.05, 3.63) is 0 Å². The Labute approximate surface area is 109 Å². The lowest BCUT2D eigenvalue weighted by molar-refractivity contribution is 0.418. The van der Waals surface area contributed by atoms with E-state index in [0.29, 0.717) is 5.92 Å². The molecule has 0 aromatic rings. The fourth-order valence-corrected chi connectivity index (χ4v) is 2.30. The second-order valence-electron chi connectivity index (χ2n) is 5.17. The van der Waals surface area contributed by atoms with Crippen molar-refractivity contribution in [2.75, 3.05) is 7.05 Å². The monoisotopic (exact) mass is 237 g/mol. The highest BCUT2D eigenvalue weighted by Gasteiger charge is 2.11. The molecule has 0 bridgehead atoms. The number of rotatable bonds is 11. The molecule has 0 saturated carbocycles. The van der Waals surface area contributed by atoms with E-state index in [1.165, 1.54) is 57.8 Å². The summed E-state index contributed by atoms with van der Waals surface area (Å²) in [4.78, 5) is 0. The summed E-state index contributed by atoms with van der Waals surface area (Å²) in [5.74, 6) is 3.42. The topological polar surface area (TPSA) is 12.0 Å². The summed E-state index contributed by atoms with van der Waals surface area (Å²) in [6, 6.07) is 0.250. The van der Waals surface area contributed by atoms with E-state index in [2.05, 4.69) is 25.1 Å². The van der Waals surface area contributed by atoms with Gasteiger partial charge in [-0.3, -0.25) is 0 Å². The number of unbranched alkanes of at least 4 members (excludes halogenated alkanes) is 7. The summed E-state index contributed by atoms with van der Waals surface area (Å²) in [6.07, 6.45) is 17.8. The average Bonchev–Trinajstić information content (AvgIpc) is 2.34. The average molecular weight is 237 g/mol. The standard InChI is InChI=1S/C16H31N/c1-5-7-8-9-10-11-12-13-14-15(3)16(6-2)17-4/h2,15-17H,5,7-14H2,1,3-4H3. The first-order valence-corrected chi connectivity index (χ1v) is 7.39. The lowest BCUT2D eigenvalue weighted by Crippen LogP contribution is -2.30. The van der Waals surface area contributed by atoms with Crippen molar-refractivity contribution in [3.8, 4) is 12.3 Å². The molecule has 2 atom stereocenters. The molecule has 0 fully saturated rings. The van der Waals surface area contributed by atoms with Crippen LogP contribution in [0.2, 0.25) is 0 Å². The zero-order chi connectivity index (χ0) is 12.9. The van der Waals surface area contributed by atoms with Gasteiger partial charge in [0.1, 0.15) is 0 Å². The van der Waals surface area contributed by atoms with Gasteiger partial charge in [-0.2, -0.15) is 0 Å². The van der Waals surface area contributed by atoms with Crippen LogP contribution in [0.4, 0.5) is 0 Å². The SMILES string of the molecule is C#CC(NC)C(C)CCCCCCCCCC. The fourth-order valence-electron chi connectivity index (χ4n) is 2.30. The van der Waals surface area contributed by atoms with Crippen molar-refractivity contribution in [1.29, 1.82) is 0 Å². The Balaban J connectivity index is 3.30. The molecular formula is C16H31N. The highest BCUT2D eigenvalue weighted by Crippen LogP contribution is 2.15. The highest BCUT2D eigenvalue weighted by atomic mass is 14.9. The van der Waals surface area contributed by atoms with Crippen molar-refractivity contribution >= 4 is 0 Å². The van der Waals surface area contributed by atoms with Crippen LogP contribution in [-0.2, 0) is 0 Å². The molecule has 0 spiro atoms. The second-order valence-corrected chi connectivity index (χ2v) is 5.17. The van der Waals surface area contributed by atoms with E-state index in [1.54, 1.807) is 0 Å². The predicted octanol–water partition coefficient (Wildman–Crippen LogP) is 4.37. The van der Waals surface area contributed by atoms with Gasteiger partial charge in [-0.15, -0.1) is 6.42 Å². The number of hydrogen-bond donors (Lipinski definition) is 1. The number of terminal acetylenes is 1. The van der Waals surface area contributed by atoms with Gasteiger partial charge in [-0.05, 0) is 19.4 Å². The summed E-state index contributed by atoms with van der Waals surface area (Å²) in [7, 11) is 1.95. The third-order valence-electron chi connectivity index (χ3n) is 3.57. The van der Waals surface area contributed by atoms with Gasteiger partial charge in [0, 0.05) is 0 Å². The minimum atomic E-state index is 0.250. The van der Waals surface area contributed by atoms with Gasteiger partial charge in [0.25, 0.3) is 0 Å². The van der Waals surface area contributed by atoms with Crippen molar-refractivity contribution in [2.24, 2.45) is 5.92 Å². The van der Waals surface area contributed by atoms with Crippen molar-refractivity contribution < 1.29 is 0 Å². The Bertz CT molecular complexity index is 192. The molecule has 0 aliphatic rings. The van der Waals surface area contributed by atoms with E-state index in [1.807, 2.05) is 7.05 Å². The molecule has 100 valence electrons. The molecule has 0 aromatic carbocycles. The first-order valence-electron chi connectivity index (χ1n) is 7.39. The molecule has 0 heterocycles. The second kappa shape index (κ2) is 12.0. The maximum absolute atomic E-state index is 5.47. The van der Waals surface area contributed by atoms with Crippen LogP contribution in [0, 0.1) is 18.3 Å². The minimum absolute atomic E-state index is 0.250. The zero-order valence-corrected chi connectivity index (χ0v) is 12.1. The number of hydrogen-bond acceptors (Lipinski definition) is 1. The summed E-state index contributed by atoms with van der Waals surface area (Å²) >= 11 is 0. The van der Waals surface area contributed by atoms with Crippen LogP contribution in [0.3, 0.4) is 0 Å². The molecule has 1 N–H and O–H groups in total. The lowest BCUT2D eigenvalue weighted by atomic mass is 9.95. The number of nitrogens with one attached hydrogen (secondary N) is 1. The summed E-state index contributed by atoms with van der Waals surface area (Å²) in [6.45, 7) is 4.52. The first-order chi connectivity index (χ1) is 8.26. The van der Waals surface area contributed by atoms with E-state index < -0.39 is 0 Å². The normalized spacial score (nSPS) is 14.2. The van der Waals surface area contributed by atoms with Crippen molar-refractivity contribution in [2.45, 2.75) is 77.7 Å². The van der Waals surface area contributed by atoms with Gasteiger partial charge in [0.2, 0.25) is 0 Å². The van der Waals surface area contributed by atoms with E-state index in [0.717, 1.165) is 0 Å². The molecule has 0 aromatic heterocycles. The van der Waals surface area contributed by atoms with Gasteiger partial charge in [0.15, 0.2) is 0 Å². The molecule has 0 rings (SSSR count). The third-order valence-corrected chi connectivity index (χ3v) is 3.57. The summed E-state index contributed by atoms with van der Waals surface area (Å²) < 4.78 is 0. The Hall–Kier alpha value is -0.480. The van der Waals surface area contributed by atoms with Gasteiger partial charge in [-0.1, -0.05) is 71.1 Å². The molecule has 0 aliphatic carbocycles. The molecule has 0 saturated heterocycles. The third kappa shape index (κ3) is 9.24. The predicted molar refractivity (Wildman–Crippen MR) is 78.1 cm³/mol. The lowest BCUT2D eigenvalue weighted by Gasteiger charge is -2.17. The van der Waals surface area contributed by atoms with Crippen LogP contribution in [0.5, 0.6) is 0 Å². The van der Waals surface area contributed by atoms with Crippen LogP contribution in [0.15, 0.2) is 0 Å². The smallest absolute Gasteiger partial charge is 0.0710 e. The van der Waals surface area contributed by atoms with Gasteiger partial charge in [0.05, 0.1) is 6.04 Å². The van der Waals surface area contributed by atoms with Crippen molar-refractivity contribution in [1.82, 2.24) is 5.32 Å². The Morgan fingerprint density at radius 1 is 1.00 bits per heavy atom. The fraction of sp³-hybridized carbons (Fsp3) is 0.875. The zero-order valence-electron chi connectivity index (χ0n) is 12.1. The Morgan fingerprint density at radius 2 is 1.53 bits per heavy atom. The van der Waals surface area contributed by atoms with Crippen molar-refractivity contribution in [3.63, 3.8) is 0 Å². The van der Waals surface area contributed by atoms with Gasteiger partial charge >= 0.3 is 0 Å². The molecule has 1 nitrogen and oxygen atoms in total. The largest absolute Gasteiger partial charge is 0.307 e. The van der Waals surface area contributed by atoms with Crippen LogP contribution in [0.25, 0.3) is 0 Å². The molecular weight excluding hydrogens is 206 g/mol. The van der Waals surface area contributed by atoms with Crippen LogP contribution in [0.1, 0.15) is 71.6 Å². The van der Waals surface area contributed by atoms with E-state index in [4.69, 9.17) is 6.42 Å². The van der Waals surface area contributed by atoms with E-state index in [9.17, 15) is 0 Å². The quantitative estimate of drug-likeness (QED) is 0.415. The maximum atomic E-state index is 5.47. The molecule has 17 heavy (non-hydrogen) atoms. The molecule has 1 heteroatoms. The van der Waals surface area contributed by atoms with Gasteiger partial charge in [-0.25, -0.2) is 0 Å². The van der Waals surface area contributed by atoms with E-state index in [-0.39, 0.29) is 6.04 Å². The Kier molecular flexibility index (Phi) is 11.7. The summed E-state index contributed by atoms with van der Waals surface area (Å²) in [5, 5.41) is 3.19. The Morgan fingerprint density at radius 3 is 2.00 bits per heavy atom. The molecule has 0 aliphatic heterocycles. The maximum Gasteiger partial charge on any atom is 0.0710 e. The highest BCUT2D eigenvalue weighted by molar-refractivity contribution is 5.00. The van der Waals surface area contributed by atoms with Gasteiger partial charge < -0.3 is 5.32 Å². The minimum Gasteiger partial charge on any atom is -0.307 e. The van der Waals surface area contributed by atoms with Crippen LogP contribution in [-0.4, -0.2) is 13.1 Å². The molecule has 2 unspecified atom stereocenters. The molecule has 0 radical (unpaired) electrons. The van der Waals surface area contributed by atoms with Crippen LogP contribution >= 0.6 is 0 Å². The first kappa shape index (κ1) is 16.5. The van der Waals surface area contributed by atoms with Crippen LogP contribution < -0.4 is 5.32 Å². The van der Waals surface area contributed by atoms with E-state index >= 15 is 0 Å². The summed E-state index contributed by atoms with van der Waals surface area (Å²) in [5.41, 5.74) is 0.